The van der Waals surface area contributed by atoms with Gasteiger partial charge < -0.3 is 15.7 Å². The maximum absolute atomic E-state index is 11.3. The first-order valence-corrected chi connectivity index (χ1v) is 7.18. The Labute approximate surface area is 106 Å². The predicted octanol–water partition coefficient (Wildman–Crippen LogP) is -0.912. The molecule has 0 aliphatic rings. The van der Waals surface area contributed by atoms with Gasteiger partial charge in [-0.3, -0.25) is 0 Å². The van der Waals surface area contributed by atoms with E-state index in [0.29, 0.717) is 6.42 Å². The van der Waals surface area contributed by atoms with Crippen molar-refractivity contribution in [1.82, 2.24) is 15.4 Å². The topological polar surface area (TPSA) is 125 Å². The lowest BCUT2D eigenvalue weighted by Crippen LogP contribution is -2.53. The first-order valence-electron chi connectivity index (χ1n) is 5.28. The summed E-state index contributed by atoms with van der Waals surface area (Å²) in [7, 11) is -3.22. The van der Waals surface area contributed by atoms with E-state index >= 15 is 0 Å². The normalized spacial score (nSPS) is 11.9. The van der Waals surface area contributed by atoms with Gasteiger partial charge in [0.15, 0.2) is 0 Å². The number of rotatable bonds is 7. The number of hydrogen-bond donors (Lipinski definition) is 4. The van der Waals surface area contributed by atoms with Crippen LogP contribution in [0.15, 0.2) is 0 Å². The number of carbonyl (C=O) groups excluding carboxylic acids is 1. The lowest BCUT2D eigenvalue weighted by Gasteiger charge is -2.21. The van der Waals surface area contributed by atoms with Crippen LogP contribution in [0.3, 0.4) is 0 Å². The first-order chi connectivity index (χ1) is 8.04. The lowest BCUT2D eigenvalue weighted by atomic mass is 10.1. The van der Waals surface area contributed by atoms with Crippen LogP contribution in [-0.2, 0) is 14.8 Å². The summed E-state index contributed by atoms with van der Waals surface area (Å²) in [6.07, 6.45) is 1.45. The fourth-order valence-electron chi connectivity index (χ4n) is 0.929. The zero-order valence-corrected chi connectivity index (χ0v) is 11.4. The van der Waals surface area contributed by atoms with Crippen LogP contribution >= 0.6 is 0 Å². The number of carbonyl (C=O) groups is 2. The number of sulfonamides is 1. The minimum Gasteiger partial charge on any atom is -0.480 e. The van der Waals surface area contributed by atoms with Crippen LogP contribution in [0.5, 0.6) is 0 Å². The van der Waals surface area contributed by atoms with Gasteiger partial charge in [-0.25, -0.2) is 22.7 Å². The third-order valence-corrected chi connectivity index (χ3v) is 2.69. The number of aliphatic carboxylic acids is 1. The maximum atomic E-state index is 11.3. The third kappa shape index (κ3) is 7.85. The van der Waals surface area contributed by atoms with Crippen molar-refractivity contribution in [1.29, 1.82) is 0 Å². The molecule has 4 N–H and O–H groups in total. The Morgan fingerprint density at radius 2 is 1.78 bits per heavy atom. The molecule has 0 bridgehead atoms. The Morgan fingerprint density at radius 1 is 1.22 bits per heavy atom. The third-order valence-electron chi connectivity index (χ3n) is 1.96. The van der Waals surface area contributed by atoms with Crippen LogP contribution in [0.4, 0.5) is 4.79 Å². The van der Waals surface area contributed by atoms with Gasteiger partial charge in [-0.15, -0.1) is 0 Å². The van der Waals surface area contributed by atoms with Crippen molar-refractivity contribution in [3.63, 3.8) is 0 Å². The standard InChI is InChI=1S/C9H19N3O5S/c1-9(2,7(13)14)12-8(15)10-5-4-6-11-18(3,16)17/h11H,4-6H2,1-3H3,(H,13,14)(H2,10,12,15). The average molecular weight is 281 g/mol. The Balaban J connectivity index is 3.83. The molecule has 18 heavy (non-hydrogen) atoms. The molecule has 0 fully saturated rings. The van der Waals surface area contributed by atoms with Gasteiger partial charge in [-0.05, 0) is 20.3 Å². The highest BCUT2D eigenvalue weighted by molar-refractivity contribution is 7.88. The second kappa shape index (κ2) is 6.55. The van der Waals surface area contributed by atoms with Gasteiger partial charge in [-0.1, -0.05) is 0 Å². The molecule has 0 aromatic heterocycles. The number of carboxylic acids is 1. The summed E-state index contributed by atoms with van der Waals surface area (Å²) in [5.41, 5.74) is -1.35. The van der Waals surface area contributed by atoms with E-state index in [1.807, 2.05) is 0 Å². The van der Waals surface area contributed by atoms with E-state index < -0.39 is 27.6 Å². The lowest BCUT2D eigenvalue weighted by molar-refractivity contribution is -0.142. The van der Waals surface area contributed by atoms with E-state index in [2.05, 4.69) is 15.4 Å². The molecule has 8 nitrogen and oxygen atoms in total. The predicted molar refractivity (Wildman–Crippen MR) is 65.7 cm³/mol. The van der Waals surface area contributed by atoms with Gasteiger partial charge in [0.2, 0.25) is 10.0 Å². The molecular formula is C9H19N3O5S. The Morgan fingerprint density at radius 3 is 2.22 bits per heavy atom. The van der Waals surface area contributed by atoms with Crippen LogP contribution in [0.25, 0.3) is 0 Å². The summed E-state index contributed by atoms with van der Waals surface area (Å²) in [4.78, 5) is 22.0. The van der Waals surface area contributed by atoms with Gasteiger partial charge in [-0.2, -0.15) is 0 Å². The molecule has 0 saturated carbocycles. The second-order valence-electron chi connectivity index (χ2n) is 4.33. The first kappa shape index (κ1) is 16.6. The highest BCUT2D eigenvalue weighted by atomic mass is 32.2. The van der Waals surface area contributed by atoms with Crippen LogP contribution in [0.1, 0.15) is 20.3 Å². The molecular weight excluding hydrogens is 262 g/mol. The molecule has 0 rings (SSSR count). The Hall–Kier alpha value is -1.35. The van der Waals surface area contributed by atoms with Gasteiger partial charge in [0.1, 0.15) is 5.54 Å². The Bertz CT molecular complexity index is 404. The van der Waals surface area contributed by atoms with Crippen molar-refractivity contribution in [2.75, 3.05) is 19.3 Å². The van der Waals surface area contributed by atoms with Crippen molar-refractivity contribution >= 4 is 22.0 Å². The zero-order chi connectivity index (χ0) is 14.4. The molecule has 2 amide bonds. The molecule has 0 atom stereocenters. The fourth-order valence-corrected chi connectivity index (χ4v) is 1.44. The maximum Gasteiger partial charge on any atom is 0.328 e. The molecule has 0 heterocycles. The summed E-state index contributed by atoms with van der Waals surface area (Å²) < 4.78 is 23.7. The van der Waals surface area contributed by atoms with Gasteiger partial charge in [0, 0.05) is 13.1 Å². The van der Waals surface area contributed by atoms with Gasteiger partial charge in [0.25, 0.3) is 0 Å². The summed E-state index contributed by atoms with van der Waals surface area (Å²) in [6.45, 7) is 3.17. The highest BCUT2D eigenvalue weighted by Crippen LogP contribution is 2.00. The van der Waals surface area contributed by atoms with Crippen molar-refractivity contribution in [3.05, 3.63) is 0 Å². The minimum atomic E-state index is -3.22. The fraction of sp³-hybridized carbons (Fsp3) is 0.778. The molecule has 0 aliphatic carbocycles. The highest BCUT2D eigenvalue weighted by Gasteiger charge is 2.28. The van der Waals surface area contributed by atoms with Crippen LogP contribution < -0.4 is 15.4 Å². The van der Waals surface area contributed by atoms with E-state index in [-0.39, 0.29) is 13.1 Å². The quantitative estimate of drug-likeness (QED) is 0.450. The van der Waals surface area contributed by atoms with E-state index in [4.69, 9.17) is 5.11 Å². The van der Waals surface area contributed by atoms with E-state index in [9.17, 15) is 18.0 Å². The number of urea groups is 1. The molecule has 0 saturated heterocycles. The summed E-state index contributed by atoms with van der Waals surface area (Å²) >= 11 is 0. The largest absolute Gasteiger partial charge is 0.480 e. The van der Waals surface area contributed by atoms with Crippen LogP contribution in [0.2, 0.25) is 0 Å². The minimum absolute atomic E-state index is 0.210. The molecule has 106 valence electrons. The second-order valence-corrected chi connectivity index (χ2v) is 6.16. The average Bonchev–Trinajstić information content (AvgIpc) is 2.14. The van der Waals surface area contributed by atoms with Crippen molar-refractivity contribution in [3.8, 4) is 0 Å². The molecule has 0 radical (unpaired) electrons. The van der Waals surface area contributed by atoms with Crippen LogP contribution in [0, 0.1) is 0 Å². The molecule has 0 spiro atoms. The molecule has 0 aliphatic heterocycles. The molecule has 0 aromatic carbocycles. The number of carboxylic acid groups (broad SMARTS) is 1. The van der Waals surface area contributed by atoms with Crippen molar-refractivity contribution < 1.29 is 23.1 Å². The van der Waals surface area contributed by atoms with E-state index in [0.717, 1.165) is 6.26 Å². The summed E-state index contributed by atoms with van der Waals surface area (Å²) in [5, 5.41) is 13.5. The molecule has 0 aromatic rings. The number of hydrogen-bond acceptors (Lipinski definition) is 4. The van der Waals surface area contributed by atoms with E-state index in [1.54, 1.807) is 0 Å². The van der Waals surface area contributed by atoms with Gasteiger partial charge >= 0.3 is 12.0 Å². The number of nitrogens with one attached hydrogen (secondary N) is 3. The molecule has 9 heteroatoms. The summed E-state index contributed by atoms with van der Waals surface area (Å²) in [6, 6.07) is -0.609. The van der Waals surface area contributed by atoms with E-state index in [1.165, 1.54) is 13.8 Å². The smallest absolute Gasteiger partial charge is 0.328 e. The Kier molecular flexibility index (Phi) is 6.06. The van der Waals surface area contributed by atoms with Gasteiger partial charge in [0.05, 0.1) is 6.26 Å². The molecule has 0 unspecified atom stereocenters. The van der Waals surface area contributed by atoms with Crippen molar-refractivity contribution in [2.45, 2.75) is 25.8 Å². The SMILES string of the molecule is CC(C)(NC(=O)NCCCNS(C)(=O)=O)C(=O)O. The summed E-state index contributed by atoms with van der Waals surface area (Å²) in [5.74, 6) is -1.14. The van der Waals surface area contributed by atoms with Crippen LogP contribution in [-0.4, -0.2) is 50.4 Å². The van der Waals surface area contributed by atoms with Crippen molar-refractivity contribution in [2.24, 2.45) is 0 Å². The monoisotopic (exact) mass is 281 g/mol. The zero-order valence-electron chi connectivity index (χ0n) is 10.6. The number of amides is 2.